The maximum atomic E-state index is 10.8. The summed E-state index contributed by atoms with van der Waals surface area (Å²) in [5.41, 5.74) is 2.52. The average molecular weight is 241 g/mol. The molecule has 2 aromatic heterocycles. The monoisotopic (exact) mass is 241 g/mol. The van der Waals surface area contributed by atoms with Gasteiger partial charge < -0.3 is 9.84 Å². The number of rotatable bonds is 4. The van der Waals surface area contributed by atoms with Crippen LogP contribution >= 0.6 is 22.7 Å². The Morgan fingerprint density at radius 2 is 2.47 bits per heavy atom. The molecule has 0 spiro atoms. The highest BCUT2D eigenvalue weighted by atomic mass is 32.1. The molecule has 2 aromatic rings. The van der Waals surface area contributed by atoms with E-state index >= 15 is 0 Å². The predicted octanol–water partition coefficient (Wildman–Crippen LogP) is 2.48. The van der Waals surface area contributed by atoms with E-state index in [9.17, 15) is 4.79 Å². The lowest BCUT2D eigenvalue weighted by Crippen LogP contribution is -2.00. The third-order valence-electron chi connectivity index (χ3n) is 1.68. The first kappa shape index (κ1) is 10.1. The summed E-state index contributed by atoms with van der Waals surface area (Å²) in [5, 5.41) is 12.4. The lowest BCUT2D eigenvalue weighted by atomic mass is 10.4. The van der Waals surface area contributed by atoms with E-state index in [1.165, 1.54) is 11.3 Å². The summed E-state index contributed by atoms with van der Waals surface area (Å²) >= 11 is 2.63. The van der Waals surface area contributed by atoms with Crippen LogP contribution in [0.1, 0.15) is 15.4 Å². The normalized spacial score (nSPS) is 10.1. The van der Waals surface area contributed by atoms with Gasteiger partial charge in [-0.25, -0.2) is 9.78 Å². The van der Waals surface area contributed by atoms with Crippen LogP contribution in [0, 0.1) is 0 Å². The van der Waals surface area contributed by atoms with Crippen molar-refractivity contribution >= 4 is 28.6 Å². The highest BCUT2D eigenvalue weighted by molar-refractivity contribution is 7.12. The molecule has 0 radical (unpaired) electrons. The van der Waals surface area contributed by atoms with Gasteiger partial charge in [0.25, 0.3) is 0 Å². The zero-order valence-corrected chi connectivity index (χ0v) is 9.18. The van der Waals surface area contributed by atoms with E-state index in [-0.39, 0.29) is 4.88 Å². The Morgan fingerprint density at radius 3 is 3.13 bits per heavy atom. The van der Waals surface area contributed by atoms with Gasteiger partial charge in [-0.05, 0) is 11.4 Å². The molecule has 0 atom stereocenters. The minimum Gasteiger partial charge on any atom is -0.485 e. The molecule has 0 bridgehead atoms. The molecule has 0 aliphatic heterocycles. The number of nitrogens with zero attached hydrogens (tertiary/aromatic N) is 1. The molecule has 0 aliphatic rings. The van der Waals surface area contributed by atoms with Crippen LogP contribution in [0.5, 0.6) is 5.75 Å². The number of carboxylic acids is 1. The maximum absolute atomic E-state index is 10.8. The van der Waals surface area contributed by atoms with Crippen LogP contribution in [0.4, 0.5) is 0 Å². The highest BCUT2D eigenvalue weighted by Crippen LogP contribution is 2.25. The van der Waals surface area contributed by atoms with E-state index in [0.717, 1.165) is 17.0 Å². The number of ether oxygens (including phenoxy) is 1. The molecular weight excluding hydrogens is 234 g/mol. The molecule has 78 valence electrons. The van der Waals surface area contributed by atoms with Crippen molar-refractivity contribution in [2.75, 3.05) is 0 Å². The van der Waals surface area contributed by atoms with Crippen molar-refractivity contribution in [2.45, 2.75) is 6.61 Å². The van der Waals surface area contributed by atoms with Crippen molar-refractivity contribution in [3.63, 3.8) is 0 Å². The van der Waals surface area contributed by atoms with Gasteiger partial charge in [0.05, 0.1) is 11.2 Å². The Bertz CT molecular complexity index is 450. The van der Waals surface area contributed by atoms with Crippen molar-refractivity contribution in [1.29, 1.82) is 0 Å². The highest BCUT2D eigenvalue weighted by Gasteiger charge is 2.12. The van der Waals surface area contributed by atoms with Gasteiger partial charge in [0.1, 0.15) is 12.4 Å². The minimum atomic E-state index is -0.960. The van der Waals surface area contributed by atoms with E-state index < -0.39 is 5.97 Å². The van der Waals surface area contributed by atoms with Crippen LogP contribution in [0.2, 0.25) is 0 Å². The summed E-state index contributed by atoms with van der Waals surface area (Å²) in [5.74, 6) is -0.557. The zero-order chi connectivity index (χ0) is 10.7. The van der Waals surface area contributed by atoms with Crippen LogP contribution in [0.3, 0.4) is 0 Å². The summed E-state index contributed by atoms with van der Waals surface area (Å²) in [6, 6.07) is 1.65. The Balaban J connectivity index is 2.05. The van der Waals surface area contributed by atoms with Gasteiger partial charge in [-0.15, -0.1) is 22.7 Å². The Labute approximate surface area is 93.8 Å². The van der Waals surface area contributed by atoms with E-state index in [1.54, 1.807) is 17.0 Å². The molecule has 2 heterocycles. The standard InChI is InChI=1S/C9H7NO3S2/c11-9(12)8-7(1-2-15-8)13-3-6-4-14-5-10-6/h1-2,4-5H,3H2,(H,11,12). The van der Waals surface area contributed by atoms with Gasteiger partial charge in [0.15, 0.2) is 4.88 Å². The fourth-order valence-electron chi connectivity index (χ4n) is 1.03. The first-order chi connectivity index (χ1) is 7.27. The number of thiophene rings is 1. The SMILES string of the molecule is O=C(O)c1sccc1OCc1cscn1. The summed E-state index contributed by atoms with van der Waals surface area (Å²) in [4.78, 5) is 15.0. The zero-order valence-electron chi connectivity index (χ0n) is 7.54. The van der Waals surface area contributed by atoms with Gasteiger partial charge in [0.2, 0.25) is 0 Å². The molecule has 2 rings (SSSR count). The molecule has 0 aromatic carbocycles. The van der Waals surface area contributed by atoms with Crippen LogP contribution in [-0.2, 0) is 6.61 Å². The topological polar surface area (TPSA) is 59.4 Å². The summed E-state index contributed by atoms with van der Waals surface area (Å²) in [7, 11) is 0. The quantitative estimate of drug-likeness (QED) is 0.893. The maximum Gasteiger partial charge on any atom is 0.349 e. The number of carbonyl (C=O) groups is 1. The lowest BCUT2D eigenvalue weighted by molar-refractivity contribution is 0.0697. The number of carboxylic acid groups (broad SMARTS) is 1. The number of hydrogen-bond acceptors (Lipinski definition) is 5. The van der Waals surface area contributed by atoms with Crippen LogP contribution < -0.4 is 4.74 Å². The Kier molecular flexibility index (Phi) is 2.98. The fraction of sp³-hybridized carbons (Fsp3) is 0.111. The number of aromatic carboxylic acids is 1. The van der Waals surface area contributed by atoms with Crippen molar-refractivity contribution in [1.82, 2.24) is 4.98 Å². The smallest absolute Gasteiger partial charge is 0.349 e. The minimum absolute atomic E-state index is 0.227. The average Bonchev–Trinajstić information content (AvgIpc) is 2.86. The number of thiazole rings is 1. The van der Waals surface area contributed by atoms with Crippen molar-refractivity contribution in [2.24, 2.45) is 0 Å². The first-order valence-corrected chi connectivity index (χ1v) is 5.90. The lowest BCUT2D eigenvalue weighted by Gasteiger charge is -2.02. The van der Waals surface area contributed by atoms with Gasteiger partial charge in [-0.1, -0.05) is 0 Å². The molecule has 0 unspecified atom stereocenters. The molecular formula is C9H7NO3S2. The molecule has 6 heteroatoms. The molecule has 0 aliphatic carbocycles. The second kappa shape index (κ2) is 4.41. The molecule has 4 nitrogen and oxygen atoms in total. The summed E-state index contributed by atoms with van der Waals surface area (Å²) in [6.45, 7) is 0.306. The van der Waals surface area contributed by atoms with Crippen molar-refractivity contribution < 1.29 is 14.6 Å². The molecule has 0 saturated heterocycles. The second-order valence-electron chi connectivity index (χ2n) is 2.69. The predicted molar refractivity (Wildman–Crippen MR) is 57.7 cm³/mol. The fourth-order valence-corrected chi connectivity index (χ4v) is 2.24. The van der Waals surface area contributed by atoms with E-state index in [4.69, 9.17) is 9.84 Å². The largest absolute Gasteiger partial charge is 0.485 e. The van der Waals surface area contributed by atoms with Crippen LogP contribution in [0.15, 0.2) is 22.3 Å². The first-order valence-electron chi connectivity index (χ1n) is 4.08. The van der Waals surface area contributed by atoms with E-state index in [2.05, 4.69) is 4.98 Å². The molecule has 15 heavy (non-hydrogen) atoms. The van der Waals surface area contributed by atoms with Gasteiger partial charge >= 0.3 is 5.97 Å². The van der Waals surface area contributed by atoms with Crippen molar-refractivity contribution in [3.8, 4) is 5.75 Å². The summed E-state index contributed by atoms with van der Waals surface area (Å²) in [6.07, 6.45) is 0. The van der Waals surface area contributed by atoms with Gasteiger partial charge in [0, 0.05) is 5.38 Å². The van der Waals surface area contributed by atoms with E-state index in [1.807, 2.05) is 5.38 Å². The van der Waals surface area contributed by atoms with Crippen LogP contribution in [0.25, 0.3) is 0 Å². The van der Waals surface area contributed by atoms with Crippen molar-refractivity contribution in [3.05, 3.63) is 32.9 Å². The summed E-state index contributed by atoms with van der Waals surface area (Å²) < 4.78 is 5.36. The Morgan fingerprint density at radius 1 is 1.60 bits per heavy atom. The van der Waals surface area contributed by atoms with Crippen LogP contribution in [-0.4, -0.2) is 16.1 Å². The number of aromatic nitrogens is 1. The van der Waals surface area contributed by atoms with Gasteiger partial charge in [-0.3, -0.25) is 0 Å². The number of hydrogen-bond donors (Lipinski definition) is 1. The molecule has 0 fully saturated rings. The van der Waals surface area contributed by atoms with E-state index in [0.29, 0.717) is 12.4 Å². The third kappa shape index (κ3) is 2.34. The second-order valence-corrected chi connectivity index (χ2v) is 4.32. The Hall–Kier alpha value is -1.40. The van der Waals surface area contributed by atoms with Gasteiger partial charge in [-0.2, -0.15) is 0 Å². The molecule has 0 amide bonds. The molecule has 1 N–H and O–H groups in total. The molecule has 0 saturated carbocycles. The third-order valence-corrected chi connectivity index (χ3v) is 3.20.